The van der Waals surface area contributed by atoms with Gasteiger partial charge >= 0.3 is 5.69 Å². The van der Waals surface area contributed by atoms with Crippen molar-refractivity contribution in [3.8, 4) is 0 Å². The maximum absolute atomic E-state index is 13.8. The van der Waals surface area contributed by atoms with Crippen LogP contribution in [0.5, 0.6) is 0 Å². The van der Waals surface area contributed by atoms with Gasteiger partial charge in [-0.25, -0.2) is 9.37 Å². The first-order valence-corrected chi connectivity index (χ1v) is 5.83. The molecule has 6 nitrogen and oxygen atoms in total. The molecule has 9 heteroatoms. The topological polar surface area (TPSA) is 85.1 Å². The molecule has 1 N–H and O–H groups in total. The highest BCUT2D eigenvalue weighted by atomic mass is 35.5. The number of hydrogen-bond acceptors (Lipinski definition) is 4. The van der Waals surface area contributed by atoms with Crippen LogP contribution in [0.4, 0.5) is 20.3 Å². The summed E-state index contributed by atoms with van der Waals surface area (Å²) in [6.45, 7) is 0. The minimum absolute atomic E-state index is 0.00490. The lowest BCUT2D eigenvalue weighted by Gasteiger charge is -2.06. The zero-order chi connectivity index (χ0) is 15.6. The van der Waals surface area contributed by atoms with E-state index in [1.807, 2.05) is 0 Å². The molecule has 0 fully saturated rings. The molecule has 2 rings (SSSR count). The second kappa shape index (κ2) is 5.80. The molecule has 0 bridgehead atoms. The summed E-state index contributed by atoms with van der Waals surface area (Å²) >= 11 is 5.60. The molecule has 0 aliphatic carbocycles. The maximum atomic E-state index is 13.8. The van der Waals surface area contributed by atoms with Gasteiger partial charge < -0.3 is 5.32 Å². The van der Waals surface area contributed by atoms with Crippen LogP contribution in [0.2, 0.25) is 5.02 Å². The molecule has 0 unspecified atom stereocenters. The van der Waals surface area contributed by atoms with E-state index in [2.05, 4.69) is 10.3 Å². The number of rotatable bonds is 3. The highest BCUT2D eigenvalue weighted by Gasteiger charge is 2.26. The zero-order valence-corrected chi connectivity index (χ0v) is 10.9. The molecule has 0 saturated heterocycles. The zero-order valence-electron chi connectivity index (χ0n) is 10.1. The summed E-state index contributed by atoms with van der Waals surface area (Å²) in [6.07, 6.45) is 1.22. The number of nitrogens with one attached hydrogen (secondary N) is 1. The van der Waals surface area contributed by atoms with E-state index in [0.29, 0.717) is 17.2 Å². The van der Waals surface area contributed by atoms with Gasteiger partial charge in [0.2, 0.25) is 5.82 Å². The van der Waals surface area contributed by atoms with E-state index in [9.17, 15) is 23.7 Å². The second-order valence-electron chi connectivity index (χ2n) is 3.83. The molecule has 0 radical (unpaired) electrons. The van der Waals surface area contributed by atoms with Gasteiger partial charge in [-0.2, -0.15) is 4.39 Å². The monoisotopic (exact) mass is 313 g/mol. The van der Waals surface area contributed by atoms with Gasteiger partial charge in [-0.3, -0.25) is 14.9 Å². The van der Waals surface area contributed by atoms with Crippen molar-refractivity contribution in [3.05, 3.63) is 62.8 Å². The number of carbonyl (C=O) groups is 1. The van der Waals surface area contributed by atoms with Crippen molar-refractivity contribution in [3.63, 3.8) is 0 Å². The van der Waals surface area contributed by atoms with Gasteiger partial charge in [0.25, 0.3) is 5.91 Å². The summed E-state index contributed by atoms with van der Waals surface area (Å²) in [7, 11) is 0. The maximum Gasteiger partial charge on any atom is 0.305 e. The lowest BCUT2D eigenvalue weighted by Crippen LogP contribution is -2.17. The molecule has 1 amide bonds. The first-order valence-electron chi connectivity index (χ1n) is 5.45. The van der Waals surface area contributed by atoms with Gasteiger partial charge in [0, 0.05) is 12.3 Å². The number of benzene rings is 1. The van der Waals surface area contributed by atoms with Crippen LogP contribution in [-0.2, 0) is 0 Å². The third-order valence-electron chi connectivity index (χ3n) is 2.46. The van der Waals surface area contributed by atoms with Crippen LogP contribution in [0.1, 0.15) is 10.4 Å². The molecule has 2 aromatic rings. The lowest BCUT2D eigenvalue weighted by molar-refractivity contribution is -0.387. The summed E-state index contributed by atoms with van der Waals surface area (Å²) in [5.41, 5.74) is -2.05. The summed E-state index contributed by atoms with van der Waals surface area (Å²) < 4.78 is 27.4. The number of pyridine rings is 1. The SMILES string of the molecule is O=C(Nc1ccc(Cl)cn1)c1c(F)ccc([N+](=O)[O-])c1F. The predicted molar refractivity (Wildman–Crippen MR) is 70.2 cm³/mol. The molecule has 21 heavy (non-hydrogen) atoms. The molecule has 0 aliphatic rings. The van der Waals surface area contributed by atoms with Crippen LogP contribution < -0.4 is 5.32 Å². The van der Waals surface area contributed by atoms with Gasteiger partial charge in [-0.1, -0.05) is 11.6 Å². The largest absolute Gasteiger partial charge is 0.306 e. The molecule has 1 aromatic carbocycles. The predicted octanol–water partition coefficient (Wildman–Crippen LogP) is 3.17. The standard InChI is InChI=1S/C12H6ClF2N3O3/c13-6-1-4-9(16-5-6)17-12(19)10-7(14)2-3-8(11(10)15)18(20)21/h1-5H,(H,16,17,19). The number of nitro groups is 1. The third kappa shape index (κ3) is 3.11. The number of anilines is 1. The Balaban J connectivity index is 2.37. The summed E-state index contributed by atoms with van der Waals surface area (Å²) in [6, 6.07) is 4.01. The molecule has 0 saturated carbocycles. The van der Waals surface area contributed by atoms with Crippen molar-refractivity contribution >= 4 is 29.0 Å². The van der Waals surface area contributed by atoms with Crippen LogP contribution in [-0.4, -0.2) is 15.8 Å². The van der Waals surface area contributed by atoms with Gasteiger partial charge in [0.1, 0.15) is 17.2 Å². The number of carbonyl (C=O) groups excluding carboxylic acids is 1. The Kier molecular flexibility index (Phi) is 4.08. The summed E-state index contributed by atoms with van der Waals surface area (Å²) in [4.78, 5) is 25.1. The quantitative estimate of drug-likeness (QED) is 0.696. The molecular formula is C12H6ClF2N3O3. The average molecular weight is 314 g/mol. The van der Waals surface area contributed by atoms with Crippen molar-refractivity contribution < 1.29 is 18.5 Å². The van der Waals surface area contributed by atoms with E-state index in [1.54, 1.807) is 0 Å². The van der Waals surface area contributed by atoms with Crippen LogP contribution in [0, 0.1) is 21.7 Å². The van der Waals surface area contributed by atoms with E-state index in [1.165, 1.54) is 18.3 Å². The lowest BCUT2D eigenvalue weighted by atomic mass is 10.1. The van der Waals surface area contributed by atoms with E-state index >= 15 is 0 Å². The Morgan fingerprint density at radius 3 is 2.57 bits per heavy atom. The van der Waals surface area contributed by atoms with Crippen molar-refractivity contribution in [1.29, 1.82) is 0 Å². The van der Waals surface area contributed by atoms with Gasteiger partial charge in [-0.15, -0.1) is 0 Å². The third-order valence-corrected chi connectivity index (χ3v) is 2.69. The highest BCUT2D eigenvalue weighted by Crippen LogP contribution is 2.23. The van der Waals surface area contributed by atoms with Crippen molar-refractivity contribution in [2.45, 2.75) is 0 Å². The molecule has 1 heterocycles. The Hall–Kier alpha value is -2.61. The Bertz CT molecular complexity index is 722. The normalized spacial score (nSPS) is 10.2. The Morgan fingerprint density at radius 1 is 1.29 bits per heavy atom. The summed E-state index contributed by atoms with van der Waals surface area (Å²) in [5.74, 6) is -3.96. The van der Waals surface area contributed by atoms with Crippen LogP contribution in [0.25, 0.3) is 0 Å². The first kappa shape index (κ1) is 14.8. The molecule has 0 aliphatic heterocycles. The van der Waals surface area contributed by atoms with E-state index < -0.39 is 33.7 Å². The fourth-order valence-corrected chi connectivity index (χ4v) is 1.63. The molecule has 1 aromatic heterocycles. The minimum Gasteiger partial charge on any atom is -0.306 e. The smallest absolute Gasteiger partial charge is 0.305 e. The second-order valence-corrected chi connectivity index (χ2v) is 4.26. The first-order chi connectivity index (χ1) is 9.90. The van der Waals surface area contributed by atoms with E-state index in [4.69, 9.17) is 11.6 Å². The van der Waals surface area contributed by atoms with Gasteiger partial charge in [-0.05, 0) is 18.2 Å². The van der Waals surface area contributed by atoms with Gasteiger partial charge in [0.15, 0.2) is 0 Å². The molecule has 108 valence electrons. The summed E-state index contributed by atoms with van der Waals surface area (Å²) in [5, 5.41) is 13.0. The van der Waals surface area contributed by atoms with Gasteiger partial charge in [0.05, 0.1) is 9.95 Å². The fourth-order valence-electron chi connectivity index (χ4n) is 1.52. The number of amides is 1. The van der Waals surface area contributed by atoms with Crippen LogP contribution in [0.15, 0.2) is 30.5 Å². The number of aromatic nitrogens is 1. The highest BCUT2D eigenvalue weighted by molar-refractivity contribution is 6.30. The number of nitrogens with zero attached hydrogens (tertiary/aromatic N) is 2. The fraction of sp³-hybridized carbons (Fsp3) is 0. The average Bonchev–Trinajstić information content (AvgIpc) is 2.41. The Labute approximate surface area is 121 Å². The van der Waals surface area contributed by atoms with Crippen LogP contribution >= 0.6 is 11.6 Å². The molecule has 0 atom stereocenters. The van der Waals surface area contributed by atoms with Crippen molar-refractivity contribution in [1.82, 2.24) is 4.98 Å². The van der Waals surface area contributed by atoms with E-state index in [-0.39, 0.29) is 5.82 Å². The minimum atomic E-state index is -1.55. The van der Waals surface area contributed by atoms with Crippen LogP contribution in [0.3, 0.4) is 0 Å². The number of nitro benzene ring substituents is 1. The van der Waals surface area contributed by atoms with Crippen molar-refractivity contribution in [2.75, 3.05) is 5.32 Å². The van der Waals surface area contributed by atoms with E-state index in [0.717, 1.165) is 0 Å². The van der Waals surface area contributed by atoms with Crippen molar-refractivity contribution in [2.24, 2.45) is 0 Å². The Morgan fingerprint density at radius 2 is 2.00 bits per heavy atom. The molecular weight excluding hydrogens is 308 g/mol. The molecule has 0 spiro atoms. The number of hydrogen-bond donors (Lipinski definition) is 1. The number of halogens is 3.